The van der Waals surface area contributed by atoms with Gasteiger partial charge in [0, 0.05) is 19.0 Å². The van der Waals surface area contributed by atoms with Gasteiger partial charge in [-0.2, -0.15) is 4.98 Å². The maximum Gasteiger partial charge on any atom is 0.351 e. The number of anilines is 1. The molecule has 1 N–H and O–H groups in total. The Morgan fingerprint density at radius 2 is 2.64 bits per heavy atom. The summed E-state index contributed by atoms with van der Waals surface area (Å²) < 4.78 is 6.87. The van der Waals surface area contributed by atoms with Crippen molar-refractivity contribution in [1.29, 1.82) is 0 Å². The molecule has 1 aromatic heterocycles. The number of ether oxygens (including phenoxy) is 1. The molecule has 0 aromatic carbocycles. The summed E-state index contributed by atoms with van der Waals surface area (Å²) in [5.41, 5.74) is -0.274. The Morgan fingerprint density at radius 1 is 1.79 bits per heavy atom. The molecule has 0 saturated carbocycles. The van der Waals surface area contributed by atoms with E-state index < -0.39 is 0 Å². The third-order valence-corrected chi connectivity index (χ3v) is 2.82. The number of hydrogen-bond donors (Lipinski definition) is 1. The Hall–Kier alpha value is -1.01. The van der Waals surface area contributed by atoms with Gasteiger partial charge in [-0.15, -0.1) is 11.8 Å². The Balaban J connectivity index is 2.30. The van der Waals surface area contributed by atoms with Gasteiger partial charge in [0.15, 0.2) is 0 Å². The van der Waals surface area contributed by atoms with E-state index in [2.05, 4.69) is 10.3 Å². The molecule has 0 unspecified atom stereocenters. The lowest BCUT2D eigenvalue weighted by molar-refractivity contribution is 0.0639. The summed E-state index contributed by atoms with van der Waals surface area (Å²) in [4.78, 5) is 15.4. The molecule has 0 aliphatic carbocycles. The van der Waals surface area contributed by atoms with Gasteiger partial charge in [-0.3, -0.25) is 4.57 Å². The average Bonchev–Trinajstić information content (AvgIpc) is 2.70. The fraction of sp³-hybridized carbons (Fsp3) is 0.500. The van der Waals surface area contributed by atoms with Crippen LogP contribution in [0.25, 0.3) is 0 Å². The molecule has 1 aliphatic rings. The molecular formula is C8H11N3O2S. The molecule has 76 valence electrons. The van der Waals surface area contributed by atoms with Crippen LogP contribution < -0.4 is 11.0 Å². The van der Waals surface area contributed by atoms with Crippen LogP contribution in [0.4, 0.5) is 5.82 Å². The molecule has 1 fully saturated rings. The molecule has 0 amide bonds. The maximum absolute atomic E-state index is 11.5. The van der Waals surface area contributed by atoms with E-state index in [9.17, 15) is 4.79 Å². The van der Waals surface area contributed by atoms with Gasteiger partial charge in [-0.05, 0) is 6.07 Å². The Bertz CT molecular complexity index is 373. The molecule has 14 heavy (non-hydrogen) atoms. The van der Waals surface area contributed by atoms with E-state index >= 15 is 0 Å². The molecule has 2 heterocycles. The van der Waals surface area contributed by atoms with Gasteiger partial charge < -0.3 is 10.1 Å². The van der Waals surface area contributed by atoms with Crippen LogP contribution in [0.3, 0.4) is 0 Å². The fourth-order valence-electron chi connectivity index (χ4n) is 1.26. The molecule has 0 radical (unpaired) electrons. The summed E-state index contributed by atoms with van der Waals surface area (Å²) in [6.45, 7) is 0. The van der Waals surface area contributed by atoms with Crippen molar-refractivity contribution in [2.45, 2.75) is 6.23 Å². The third kappa shape index (κ3) is 1.76. The van der Waals surface area contributed by atoms with Crippen LogP contribution >= 0.6 is 11.8 Å². The Labute approximate surface area is 85.5 Å². The SMILES string of the molecule is CNc1ccn([C@@H]2CSCO2)c(=O)n1. The lowest BCUT2D eigenvalue weighted by Crippen LogP contribution is -2.27. The van der Waals surface area contributed by atoms with E-state index in [1.807, 2.05) is 0 Å². The Kier molecular flexibility index (Phi) is 2.74. The molecule has 0 bridgehead atoms. The van der Waals surface area contributed by atoms with Crippen LogP contribution in [-0.2, 0) is 4.74 Å². The highest BCUT2D eigenvalue weighted by molar-refractivity contribution is 7.99. The number of aromatic nitrogens is 2. The largest absolute Gasteiger partial charge is 0.373 e. The number of nitrogens with one attached hydrogen (secondary N) is 1. The van der Waals surface area contributed by atoms with E-state index in [0.717, 1.165) is 5.75 Å². The molecule has 1 saturated heterocycles. The van der Waals surface area contributed by atoms with Crippen LogP contribution in [0.5, 0.6) is 0 Å². The zero-order chi connectivity index (χ0) is 9.97. The van der Waals surface area contributed by atoms with E-state index in [1.54, 1.807) is 31.1 Å². The van der Waals surface area contributed by atoms with Crippen LogP contribution in [0.1, 0.15) is 6.23 Å². The molecule has 1 aromatic rings. The molecule has 1 atom stereocenters. The van der Waals surface area contributed by atoms with Crippen LogP contribution in [-0.4, -0.2) is 28.3 Å². The van der Waals surface area contributed by atoms with Crippen molar-refractivity contribution in [3.63, 3.8) is 0 Å². The van der Waals surface area contributed by atoms with Crippen LogP contribution in [0.2, 0.25) is 0 Å². The first-order chi connectivity index (χ1) is 6.81. The Morgan fingerprint density at radius 3 is 3.21 bits per heavy atom. The second-order valence-corrected chi connectivity index (χ2v) is 3.84. The van der Waals surface area contributed by atoms with E-state index in [0.29, 0.717) is 11.8 Å². The van der Waals surface area contributed by atoms with Crippen LogP contribution in [0.15, 0.2) is 17.1 Å². The summed E-state index contributed by atoms with van der Waals surface area (Å²) in [6.07, 6.45) is 1.54. The van der Waals surface area contributed by atoms with Crippen molar-refractivity contribution < 1.29 is 4.74 Å². The highest BCUT2D eigenvalue weighted by Crippen LogP contribution is 2.23. The minimum Gasteiger partial charge on any atom is -0.373 e. The van der Waals surface area contributed by atoms with Gasteiger partial charge in [-0.1, -0.05) is 0 Å². The van der Waals surface area contributed by atoms with Gasteiger partial charge >= 0.3 is 5.69 Å². The van der Waals surface area contributed by atoms with Crippen molar-refractivity contribution in [3.8, 4) is 0 Å². The first-order valence-electron chi connectivity index (χ1n) is 4.27. The van der Waals surface area contributed by atoms with Gasteiger partial charge in [0.25, 0.3) is 0 Å². The number of thioether (sulfide) groups is 1. The lowest BCUT2D eigenvalue weighted by atomic mass is 10.5. The normalized spacial score (nSPS) is 21.1. The smallest absolute Gasteiger partial charge is 0.351 e. The summed E-state index contributed by atoms with van der Waals surface area (Å²) in [6, 6.07) is 1.76. The summed E-state index contributed by atoms with van der Waals surface area (Å²) >= 11 is 1.67. The number of rotatable bonds is 2. The standard InChI is InChI=1S/C8H11N3O2S/c1-9-6-2-3-11(8(12)10-6)7-4-14-5-13-7/h2-3,7H,4-5H2,1H3,(H,9,10,12)/t7-/m0/s1. The van der Waals surface area contributed by atoms with Crippen molar-refractivity contribution in [2.24, 2.45) is 0 Å². The quantitative estimate of drug-likeness (QED) is 0.775. The molecular weight excluding hydrogens is 202 g/mol. The highest BCUT2D eigenvalue weighted by atomic mass is 32.2. The maximum atomic E-state index is 11.5. The lowest BCUT2D eigenvalue weighted by Gasteiger charge is -2.11. The fourth-order valence-corrected chi connectivity index (χ4v) is 2.06. The second-order valence-electron chi connectivity index (χ2n) is 2.86. The first kappa shape index (κ1) is 9.54. The molecule has 1 aliphatic heterocycles. The summed E-state index contributed by atoms with van der Waals surface area (Å²) in [7, 11) is 1.73. The monoisotopic (exact) mass is 213 g/mol. The first-order valence-corrected chi connectivity index (χ1v) is 5.43. The third-order valence-electron chi connectivity index (χ3n) is 2.00. The van der Waals surface area contributed by atoms with E-state index in [-0.39, 0.29) is 11.9 Å². The summed E-state index contributed by atoms with van der Waals surface area (Å²) in [5, 5.41) is 2.82. The predicted octanol–water partition coefficient (Wildman–Crippen LogP) is 0.504. The van der Waals surface area contributed by atoms with E-state index in [4.69, 9.17) is 4.74 Å². The zero-order valence-corrected chi connectivity index (χ0v) is 8.58. The second kappa shape index (κ2) is 4.02. The molecule has 5 nitrogen and oxygen atoms in total. The van der Waals surface area contributed by atoms with Gasteiger partial charge in [0.1, 0.15) is 12.0 Å². The van der Waals surface area contributed by atoms with Gasteiger partial charge in [0.2, 0.25) is 0 Å². The van der Waals surface area contributed by atoms with Crippen molar-refractivity contribution >= 4 is 17.6 Å². The minimum atomic E-state index is -0.274. The molecule has 0 spiro atoms. The van der Waals surface area contributed by atoms with Crippen molar-refractivity contribution in [2.75, 3.05) is 24.1 Å². The topological polar surface area (TPSA) is 56.2 Å². The van der Waals surface area contributed by atoms with Gasteiger partial charge in [0.05, 0.1) is 5.94 Å². The van der Waals surface area contributed by atoms with Crippen molar-refractivity contribution in [1.82, 2.24) is 9.55 Å². The predicted molar refractivity (Wildman–Crippen MR) is 55.5 cm³/mol. The molecule has 6 heteroatoms. The zero-order valence-electron chi connectivity index (χ0n) is 7.77. The minimum absolute atomic E-state index is 0.161. The number of hydrogen-bond acceptors (Lipinski definition) is 5. The molecule has 2 rings (SSSR count). The van der Waals surface area contributed by atoms with Gasteiger partial charge in [-0.25, -0.2) is 4.79 Å². The van der Waals surface area contributed by atoms with Crippen molar-refractivity contribution in [3.05, 3.63) is 22.7 Å². The average molecular weight is 213 g/mol. The van der Waals surface area contributed by atoms with E-state index in [1.165, 1.54) is 4.57 Å². The highest BCUT2D eigenvalue weighted by Gasteiger charge is 2.18. The summed E-state index contributed by atoms with van der Waals surface area (Å²) in [5.74, 6) is 2.03. The van der Waals surface area contributed by atoms with Crippen LogP contribution in [0, 0.1) is 0 Å². The number of nitrogens with zero attached hydrogens (tertiary/aromatic N) is 2.